The molecule has 2 fully saturated rings. The summed E-state index contributed by atoms with van der Waals surface area (Å²) in [6.45, 7) is 2.11. The second-order valence-electron chi connectivity index (χ2n) is 10.8. The molecule has 1 aliphatic carbocycles. The van der Waals surface area contributed by atoms with Gasteiger partial charge in [0.05, 0.1) is 10.6 Å². The Labute approximate surface area is 225 Å². The van der Waals surface area contributed by atoms with Gasteiger partial charge in [-0.15, -0.1) is 0 Å². The minimum Gasteiger partial charge on any atom is -0.385 e. The van der Waals surface area contributed by atoms with Crippen molar-refractivity contribution in [3.05, 3.63) is 34.6 Å². The number of likely N-dealkylation sites (tertiary alicyclic amines) is 1. The molecule has 3 N–H and O–H groups in total. The lowest BCUT2D eigenvalue weighted by Crippen LogP contribution is -2.54. The third-order valence-electron chi connectivity index (χ3n) is 8.13. The quantitative estimate of drug-likeness (QED) is 0.308. The number of piperidine rings is 1. The number of aliphatic hydroxyl groups is 1. The number of likely N-dealkylation sites (N-methyl/N-ethyl adjacent to an activating group) is 1. The van der Waals surface area contributed by atoms with E-state index >= 15 is 4.39 Å². The van der Waals surface area contributed by atoms with Crippen molar-refractivity contribution in [2.45, 2.75) is 82.0 Å². The van der Waals surface area contributed by atoms with Crippen molar-refractivity contribution >= 4 is 17.6 Å². The molecule has 3 rings (SSSR count). The van der Waals surface area contributed by atoms with E-state index in [1.807, 2.05) is 7.05 Å². The number of amides is 2. The van der Waals surface area contributed by atoms with Gasteiger partial charge in [0.2, 0.25) is 0 Å². The van der Waals surface area contributed by atoms with Gasteiger partial charge in [-0.3, -0.25) is 0 Å². The number of alkyl halides is 1. The van der Waals surface area contributed by atoms with Crippen LogP contribution in [0.25, 0.3) is 0 Å². The number of halogens is 3. The summed E-state index contributed by atoms with van der Waals surface area (Å²) in [5, 5.41) is 18.3. The average Bonchev–Trinajstić information content (AvgIpc) is 2.89. The number of urea groups is 1. The van der Waals surface area contributed by atoms with E-state index in [9.17, 15) is 14.3 Å². The Balaban J connectivity index is 1.70. The zero-order valence-electron chi connectivity index (χ0n) is 22.3. The molecule has 0 unspecified atom stereocenters. The number of hydrogen-bond donors (Lipinski definition) is 3. The van der Waals surface area contributed by atoms with Crippen molar-refractivity contribution in [3.8, 4) is 0 Å². The van der Waals surface area contributed by atoms with E-state index in [0.29, 0.717) is 64.3 Å². The zero-order chi connectivity index (χ0) is 26.8. The predicted molar refractivity (Wildman–Crippen MR) is 143 cm³/mol. The fraction of sp³-hybridized carbons (Fsp3) is 0.750. The Morgan fingerprint density at radius 2 is 2.03 bits per heavy atom. The third kappa shape index (κ3) is 8.25. The fourth-order valence-electron chi connectivity index (χ4n) is 6.05. The van der Waals surface area contributed by atoms with E-state index < -0.39 is 17.6 Å². The number of unbranched alkanes of at least 4 members (excludes halogenated alkanes) is 1. The molecule has 2 amide bonds. The highest BCUT2D eigenvalue weighted by atomic mass is 35.5. The van der Waals surface area contributed by atoms with Crippen LogP contribution in [-0.2, 0) is 10.3 Å². The summed E-state index contributed by atoms with van der Waals surface area (Å²) in [7, 11) is 3.49. The summed E-state index contributed by atoms with van der Waals surface area (Å²) in [5.74, 6) is -0.523. The molecule has 1 aliphatic heterocycles. The second-order valence-corrected chi connectivity index (χ2v) is 11.2. The summed E-state index contributed by atoms with van der Waals surface area (Å²) in [6.07, 6.45) is 6.18. The van der Waals surface area contributed by atoms with Crippen LogP contribution >= 0.6 is 11.6 Å². The smallest absolute Gasteiger partial charge is 0.317 e. The Morgan fingerprint density at radius 1 is 1.27 bits per heavy atom. The molecular weight excluding hydrogens is 500 g/mol. The van der Waals surface area contributed by atoms with Crippen LogP contribution in [0.15, 0.2) is 18.2 Å². The van der Waals surface area contributed by atoms with Crippen LogP contribution in [0.4, 0.5) is 13.6 Å². The first-order chi connectivity index (χ1) is 17.8. The molecule has 0 spiro atoms. The highest BCUT2D eigenvalue weighted by Crippen LogP contribution is 2.42. The molecule has 0 radical (unpaired) electrons. The first kappa shape index (κ1) is 30.1. The van der Waals surface area contributed by atoms with E-state index in [1.54, 1.807) is 24.1 Å². The van der Waals surface area contributed by atoms with Gasteiger partial charge in [0.15, 0.2) is 0 Å². The minimum atomic E-state index is -1.45. The molecule has 1 aromatic rings. The lowest BCUT2D eigenvalue weighted by Gasteiger charge is -2.43. The number of carbonyl (C=O) groups excluding carboxylic acids is 1. The van der Waals surface area contributed by atoms with Crippen LogP contribution in [-0.4, -0.2) is 68.6 Å². The van der Waals surface area contributed by atoms with Crippen molar-refractivity contribution in [2.75, 3.05) is 40.4 Å². The van der Waals surface area contributed by atoms with Crippen LogP contribution in [0, 0.1) is 17.7 Å². The average molecular weight is 544 g/mol. The Morgan fingerprint density at radius 3 is 2.73 bits per heavy atom. The van der Waals surface area contributed by atoms with Gasteiger partial charge in [-0.1, -0.05) is 23.7 Å². The van der Waals surface area contributed by atoms with Crippen molar-refractivity contribution in [3.63, 3.8) is 0 Å². The molecule has 2 aliphatic rings. The molecule has 37 heavy (non-hydrogen) atoms. The summed E-state index contributed by atoms with van der Waals surface area (Å²) >= 11 is 6.09. The van der Waals surface area contributed by atoms with Crippen LogP contribution < -0.4 is 10.6 Å². The van der Waals surface area contributed by atoms with E-state index in [1.165, 1.54) is 6.07 Å². The van der Waals surface area contributed by atoms with Crippen molar-refractivity contribution in [1.82, 2.24) is 15.5 Å². The monoisotopic (exact) mass is 543 g/mol. The normalized spacial score (nSPS) is 24.9. The van der Waals surface area contributed by atoms with Crippen LogP contribution in [0.1, 0.15) is 69.8 Å². The maximum atomic E-state index is 15.1. The lowest BCUT2D eigenvalue weighted by atomic mass is 9.74. The number of rotatable bonds is 12. The molecule has 0 aromatic heterocycles. The molecule has 210 valence electrons. The Kier molecular flexibility index (Phi) is 11.9. The SMILES string of the molecule is CNC[C@H](C[C@H]1CC[C@H](F)CC1)NC(=O)N1CCC[C@@H]([C@@](O)(CCCCOC)c2cccc(Cl)c2F)C1. The molecule has 1 saturated heterocycles. The van der Waals surface area contributed by atoms with E-state index in [-0.39, 0.29) is 28.6 Å². The number of benzene rings is 1. The van der Waals surface area contributed by atoms with Crippen molar-refractivity contribution in [1.29, 1.82) is 0 Å². The summed E-state index contributed by atoms with van der Waals surface area (Å²) in [6, 6.07) is 4.52. The van der Waals surface area contributed by atoms with Gasteiger partial charge in [-0.05, 0) is 83.2 Å². The first-order valence-corrected chi connectivity index (χ1v) is 14.2. The highest BCUT2D eigenvalue weighted by Gasteiger charge is 2.43. The molecule has 3 atom stereocenters. The summed E-state index contributed by atoms with van der Waals surface area (Å²) < 4.78 is 33.9. The van der Waals surface area contributed by atoms with Gasteiger partial charge in [-0.2, -0.15) is 0 Å². The molecule has 6 nitrogen and oxygen atoms in total. The van der Waals surface area contributed by atoms with Gasteiger partial charge in [0, 0.05) is 50.9 Å². The molecule has 9 heteroatoms. The summed E-state index contributed by atoms with van der Waals surface area (Å²) in [5.41, 5.74) is -1.25. The minimum absolute atomic E-state index is 0.0186. The van der Waals surface area contributed by atoms with Crippen molar-refractivity contribution in [2.24, 2.45) is 11.8 Å². The number of methoxy groups -OCH3 is 1. The van der Waals surface area contributed by atoms with Gasteiger partial charge in [0.25, 0.3) is 0 Å². The Hall–Kier alpha value is -1.48. The number of carbonyl (C=O) groups is 1. The zero-order valence-corrected chi connectivity index (χ0v) is 23.0. The van der Waals surface area contributed by atoms with E-state index in [4.69, 9.17) is 16.3 Å². The van der Waals surface area contributed by atoms with Crippen molar-refractivity contribution < 1.29 is 23.4 Å². The molecular formula is C28H44ClF2N3O3. The number of nitrogens with one attached hydrogen (secondary N) is 2. The Bertz CT molecular complexity index is 856. The molecule has 0 bridgehead atoms. The van der Waals surface area contributed by atoms with Gasteiger partial charge in [-0.25, -0.2) is 13.6 Å². The van der Waals surface area contributed by atoms with Crippen LogP contribution in [0.2, 0.25) is 5.02 Å². The van der Waals surface area contributed by atoms with Crippen LogP contribution in [0.5, 0.6) is 0 Å². The van der Waals surface area contributed by atoms with Crippen LogP contribution in [0.3, 0.4) is 0 Å². The topological polar surface area (TPSA) is 73.8 Å². The maximum Gasteiger partial charge on any atom is 0.317 e. The first-order valence-electron chi connectivity index (χ1n) is 13.8. The fourth-order valence-corrected chi connectivity index (χ4v) is 6.23. The van der Waals surface area contributed by atoms with E-state index in [2.05, 4.69) is 10.6 Å². The number of ether oxygens (including phenoxy) is 1. The van der Waals surface area contributed by atoms with E-state index in [0.717, 1.165) is 32.1 Å². The molecule has 1 saturated carbocycles. The third-order valence-corrected chi connectivity index (χ3v) is 8.42. The second kappa shape index (κ2) is 14.6. The van der Waals surface area contributed by atoms with Gasteiger partial charge >= 0.3 is 6.03 Å². The molecule has 1 heterocycles. The number of nitrogens with zero attached hydrogens (tertiary/aromatic N) is 1. The predicted octanol–water partition coefficient (Wildman–Crippen LogP) is 5.41. The molecule has 1 aromatic carbocycles. The lowest BCUT2D eigenvalue weighted by molar-refractivity contribution is -0.0587. The van der Waals surface area contributed by atoms with Gasteiger partial charge < -0.3 is 25.4 Å². The van der Waals surface area contributed by atoms with Gasteiger partial charge in [0.1, 0.15) is 12.0 Å². The highest BCUT2D eigenvalue weighted by molar-refractivity contribution is 6.30. The summed E-state index contributed by atoms with van der Waals surface area (Å²) in [4.78, 5) is 15.1. The standard InChI is InChI=1S/C28H44ClF2N3O3/c1-32-18-23(17-20-10-12-22(30)13-11-20)33-27(35)34-15-6-7-21(19-34)28(36,14-3-4-16-37-2)24-8-5-9-25(29)26(24)31/h5,8-9,20-23,32,36H,3-4,6-7,10-19H2,1-2H3,(H,33,35)/t20-,21-,22-,23+,28+/m1/s1. The maximum absolute atomic E-state index is 15.1. The number of hydrogen-bond acceptors (Lipinski definition) is 4. The largest absolute Gasteiger partial charge is 0.385 e.